The van der Waals surface area contributed by atoms with Crippen LogP contribution < -0.4 is 16.0 Å². The van der Waals surface area contributed by atoms with E-state index in [9.17, 15) is 0 Å². The summed E-state index contributed by atoms with van der Waals surface area (Å²) in [7, 11) is 1.65. The van der Waals surface area contributed by atoms with Crippen LogP contribution in [-0.4, -0.2) is 17.1 Å². The lowest BCUT2D eigenvalue weighted by molar-refractivity contribution is 0.415. The summed E-state index contributed by atoms with van der Waals surface area (Å²) in [6, 6.07) is 5.70. The number of hydrazine groups is 1. The number of hydrogen-bond acceptors (Lipinski definition) is 5. The minimum Gasteiger partial charge on any atom is -0.497 e. The Morgan fingerprint density at radius 1 is 1.35 bits per heavy atom. The molecule has 3 N–H and O–H groups in total. The largest absolute Gasteiger partial charge is 0.497 e. The van der Waals surface area contributed by atoms with Crippen molar-refractivity contribution in [2.45, 2.75) is 18.8 Å². The molecule has 0 aliphatic heterocycles. The minimum absolute atomic E-state index is 0.498. The van der Waals surface area contributed by atoms with Crippen LogP contribution in [0.15, 0.2) is 18.2 Å². The van der Waals surface area contributed by atoms with Gasteiger partial charge >= 0.3 is 0 Å². The molecule has 1 aliphatic carbocycles. The van der Waals surface area contributed by atoms with Crippen molar-refractivity contribution in [3.63, 3.8) is 0 Å². The SMILES string of the molecule is COc1ccc2c(NN)nc(C3CC3)nc2c1. The van der Waals surface area contributed by atoms with E-state index >= 15 is 0 Å². The van der Waals surface area contributed by atoms with E-state index in [0.29, 0.717) is 11.7 Å². The van der Waals surface area contributed by atoms with Gasteiger partial charge in [0.25, 0.3) is 0 Å². The van der Waals surface area contributed by atoms with Crippen LogP contribution in [0.3, 0.4) is 0 Å². The molecular weight excluding hydrogens is 216 g/mol. The summed E-state index contributed by atoms with van der Waals surface area (Å²) in [5, 5.41) is 0.915. The summed E-state index contributed by atoms with van der Waals surface area (Å²) >= 11 is 0. The van der Waals surface area contributed by atoms with Gasteiger partial charge in [0.1, 0.15) is 11.6 Å². The van der Waals surface area contributed by atoms with Gasteiger partial charge in [0.05, 0.1) is 12.6 Å². The van der Waals surface area contributed by atoms with Crippen LogP contribution in [0.5, 0.6) is 5.75 Å². The molecule has 5 heteroatoms. The highest BCUT2D eigenvalue weighted by atomic mass is 16.5. The average Bonchev–Trinajstić information content (AvgIpc) is 3.20. The van der Waals surface area contributed by atoms with Gasteiger partial charge in [0, 0.05) is 17.4 Å². The van der Waals surface area contributed by atoms with Gasteiger partial charge in [-0.05, 0) is 25.0 Å². The number of nitrogens with two attached hydrogens (primary N) is 1. The first-order valence-corrected chi connectivity index (χ1v) is 5.64. The third kappa shape index (κ3) is 1.78. The third-order valence-corrected chi connectivity index (χ3v) is 3.00. The monoisotopic (exact) mass is 230 g/mol. The summed E-state index contributed by atoms with van der Waals surface area (Å²) in [5.41, 5.74) is 3.51. The predicted octanol–water partition coefficient (Wildman–Crippen LogP) is 1.80. The number of ether oxygens (including phenoxy) is 1. The summed E-state index contributed by atoms with van der Waals surface area (Å²) in [5.74, 6) is 8.35. The molecule has 5 nitrogen and oxygen atoms in total. The Labute approximate surface area is 99.0 Å². The Bertz CT molecular complexity index is 566. The van der Waals surface area contributed by atoms with Crippen molar-refractivity contribution in [3.05, 3.63) is 24.0 Å². The Morgan fingerprint density at radius 3 is 2.82 bits per heavy atom. The molecule has 0 atom stereocenters. The van der Waals surface area contributed by atoms with Crippen LogP contribution in [-0.2, 0) is 0 Å². The van der Waals surface area contributed by atoms with E-state index in [1.807, 2.05) is 18.2 Å². The number of aromatic nitrogens is 2. The second-order valence-corrected chi connectivity index (χ2v) is 4.23. The molecule has 2 aromatic rings. The van der Waals surface area contributed by atoms with E-state index in [4.69, 9.17) is 10.6 Å². The molecule has 0 unspecified atom stereocenters. The number of anilines is 1. The molecule has 17 heavy (non-hydrogen) atoms. The summed E-state index contributed by atoms with van der Waals surface area (Å²) in [6.45, 7) is 0. The maximum Gasteiger partial charge on any atom is 0.151 e. The Morgan fingerprint density at radius 2 is 2.18 bits per heavy atom. The van der Waals surface area contributed by atoms with Crippen LogP contribution in [0.2, 0.25) is 0 Å². The van der Waals surface area contributed by atoms with Gasteiger partial charge in [0.2, 0.25) is 0 Å². The minimum atomic E-state index is 0.498. The first-order valence-electron chi connectivity index (χ1n) is 5.64. The number of nitrogen functional groups attached to an aromatic ring is 1. The summed E-state index contributed by atoms with van der Waals surface area (Å²) in [4.78, 5) is 9.02. The van der Waals surface area contributed by atoms with Gasteiger partial charge in [-0.3, -0.25) is 0 Å². The number of rotatable bonds is 3. The normalized spacial score (nSPS) is 14.9. The fourth-order valence-electron chi connectivity index (χ4n) is 1.89. The molecule has 3 rings (SSSR count). The lowest BCUT2D eigenvalue weighted by Crippen LogP contribution is -2.11. The number of methoxy groups -OCH3 is 1. The number of benzene rings is 1. The molecule has 0 bridgehead atoms. The number of hydrogen-bond donors (Lipinski definition) is 2. The van der Waals surface area contributed by atoms with Gasteiger partial charge in [0.15, 0.2) is 5.82 Å². The zero-order valence-electron chi connectivity index (χ0n) is 9.60. The van der Waals surface area contributed by atoms with Crippen LogP contribution in [0, 0.1) is 0 Å². The van der Waals surface area contributed by atoms with E-state index in [1.165, 1.54) is 12.8 Å². The average molecular weight is 230 g/mol. The Hall–Kier alpha value is -1.88. The van der Waals surface area contributed by atoms with Crippen molar-refractivity contribution in [1.29, 1.82) is 0 Å². The maximum atomic E-state index is 5.50. The van der Waals surface area contributed by atoms with Gasteiger partial charge in [-0.1, -0.05) is 0 Å². The third-order valence-electron chi connectivity index (χ3n) is 3.00. The molecule has 1 aliphatic rings. The quantitative estimate of drug-likeness (QED) is 0.621. The van der Waals surface area contributed by atoms with Crippen LogP contribution >= 0.6 is 0 Å². The first-order chi connectivity index (χ1) is 8.31. The van der Waals surface area contributed by atoms with E-state index in [1.54, 1.807) is 7.11 Å². The van der Waals surface area contributed by atoms with Crippen molar-refractivity contribution in [2.75, 3.05) is 12.5 Å². The van der Waals surface area contributed by atoms with Gasteiger partial charge in [-0.25, -0.2) is 15.8 Å². The molecule has 0 radical (unpaired) electrons. The molecular formula is C12H14N4O. The molecule has 1 heterocycles. The standard InChI is InChI=1S/C12H14N4O/c1-17-8-4-5-9-10(6-8)14-11(7-2-3-7)15-12(9)16-13/h4-7H,2-3,13H2,1H3,(H,14,15,16). The van der Waals surface area contributed by atoms with Gasteiger partial charge in [-0.15, -0.1) is 0 Å². The molecule has 0 spiro atoms. The molecule has 88 valence electrons. The highest BCUT2D eigenvalue weighted by Gasteiger charge is 2.27. The second kappa shape index (κ2) is 3.85. The van der Waals surface area contributed by atoms with Crippen molar-refractivity contribution < 1.29 is 4.74 Å². The molecule has 1 saturated carbocycles. The summed E-state index contributed by atoms with van der Waals surface area (Å²) < 4.78 is 5.20. The van der Waals surface area contributed by atoms with Crippen LogP contribution in [0.25, 0.3) is 10.9 Å². The molecule has 0 amide bonds. The van der Waals surface area contributed by atoms with E-state index in [-0.39, 0.29) is 0 Å². The zero-order chi connectivity index (χ0) is 11.8. The highest BCUT2D eigenvalue weighted by molar-refractivity contribution is 5.89. The fraction of sp³-hybridized carbons (Fsp3) is 0.333. The van der Waals surface area contributed by atoms with Crippen molar-refractivity contribution in [3.8, 4) is 5.75 Å². The molecule has 1 fully saturated rings. The Kier molecular flexibility index (Phi) is 2.33. The molecule has 1 aromatic carbocycles. The van der Waals surface area contributed by atoms with Crippen molar-refractivity contribution in [2.24, 2.45) is 5.84 Å². The smallest absolute Gasteiger partial charge is 0.151 e. The summed E-state index contributed by atoms with van der Waals surface area (Å²) in [6.07, 6.45) is 2.33. The van der Waals surface area contributed by atoms with Gasteiger partial charge in [-0.2, -0.15) is 0 Å². The zero-order valence-corrected chi connectivity index (χ0v) is 9.60. The second-order valence-electron chi connectivity index (χ2n) is 4.23. The number of nitrogens with zero attached hydrogens (tertiary/aromatic N) is 2. The van der Waals surface area contributed by atoms with Crippen LogP contribution in [0.1, 0.15) is 24.6 Å². The molecule has 0 saturated heterocycles. The number of fused-ring (bicyclic) bond motifs is 1. The van der Waals surface area contributed by atoms with E-state index in [2.05, 4.69) is 15.4 Å². The fourth-order valence-corrected chi connectivity index (χ4v) is 1.89. The lowest BCUT2D eigenvalue weighted by Gasteiger charge is -2.08. The Balaban J connectivity index is 2.21. The van der Waals surface area contributed by atoms with Crippen molar-refractivity contribution in [1.82, 2.24) is 9.97 Å². The van der Waals surface area contributed by atoms with Gasteiger partial charge < -0.3 is 10.2 Å². The predicted molar refractivity (Wildman–Crippen MR) is 65.9 cm³/mol. The highest BCUT2D eigenvalue weighted by Crippen LogP contribution is 2.39. The van der Waals surface area contributed by atoms with E-state index < -0.39 is 0 Å². The van der Waals surface area contributed by atoms with Crippen LogP contribution in [0.4, 0.5) is 5.82 Å². The number of nitrogens with one attached hydrogen (secondary N) is 1. The maximum absolute atomic E-state index is 5.50. The van der Waals surface area contributed by atoms with E-state index in [0.717, 1.165) is 22.5 Å². The van der Waals surface area contributed by atoms with Crippen molar-refractivity contribution >= 4 is 16.7 Å². The first kappa shape index (κ1) is 10.3. The topological polar surface area (TPSA) is 73.1 Å². The lowest BCUT2D eigenvalue weighted by atomic mass is 10.2. The molecule has 1 aromatic heterocycles.